The molecule has 0 saturated carbocycles. The Morgan fingerprint density at radius 3 is 1.84 bits per heavy atom. The molecule has 0 aliphatic rings. The van der Waals surface area contributed by atoms with Crippen molar-refractivity contribution in [2.24, 2.45) is 0 Å². The minimum atomic E-state index is -0.0218. The van der Waals surface area contributed by atoms with E-state index in [-0.39, 0.29) is 11.7 Å². The van der Waals surface area contributed by atoms with Crippen LogP contribution in [-0.4, -0.2) is 49.7 Å². The van der Waals surface area contributed by atoms with Gasteiger partial charge in [-0.3, -0.25) is 9.59 Å². The molecule has 0 saturated heterocycles. The Balaban J connectivity index is 2.48. The van der Waals surface area contributed by atoms with E-state index in [0.717, 1.165) is 21.6 Å². The molecule has 0 fully saturated rings. The van der Waals surface area contributed by atoms with Crippen molar-refractivity contribution in [2.75, 3.05) is 28.2 Å². The van der Waals surface area contributed by atoms with Crippen LogP contribution < -0.4 is 10.4 Å². The molecule has 130 valence electrons. The van der Waals surface area contributed by atoms with Crippen LogP contribution in [0.5, 0.6) is 0 Å². The van der Waals surface area contributed by atoms with E-state index < -0.39 is 0 Å². The van der Waals surface area contributed by atoms with Crippen LogP contribution >= 0.6 is 0 Å². The van der Waals surface area contributed by atoms with Gasteiger partial charge < -0.3 is 9.80 Å². The van der Waals surface area contributed by atoms with Crippen molar-refractivity contribution in [1.29, 1.82) is 0 Å². The molecule has 2 aromatic rings. The zero-order valence-corrected chi connectivity index (χ0v) is 15.5. The third-order valence-corrected chi connectivity index (χ3v) is 4.01. The molecule has 0 aromatic heterocycles. The van der Waals surface area contributed by atoms with Crippen molar-refractivity contribution in [2.45, 2.75) is 6.92 Å². The fourth-order valence-electron chi connectivity index (χ4n) is 2.81. The van der Waals surface area contributed by atoms with Gasteiger partial charge in [0.2, 0.25) is 0 Å². The first-order valence-corrected chi connectivity index (χ1v) is 8.06. The standard InChI is InChI=1S/C21H24N2O2/c1-14-13-18(11-12-19(14)20(15(2)24)22(3)4)16-7-9-17(10-8-16)21(25)23(5)6/h7-13H,1H2,2-6H3/b20-19-. The van der Waals surface area contributed by atoms with Gasteiger partial charge in [0, 0.05) is 45.9 Å². The van der Waals surface area contributed by atoms with Crippen LogP contribution in [0.1, 0.15) is 17.3 Å². The normalized spacial score (nSPS) is 11.7. The molecule has 25 heavy (non-hydrogen) atoms. The van der Waals surface area contributed by atoms with E-state index in [9.17, 15) is 9.59 Å². The number of likely N-dealkylation sites (N-methyl/N-ethyl adjacent to an activating group) is 1. The number of amides is 1. The van der Waals surface area contributed by atoms with Gasteiger partial charge >= 0.3 is 0 Å². The highest BCUT2D eigenvalue weighted by Gasteiger charge is 2.10. The van der Waals surface area contributed by atoms with Crippen molar-refractivity contribution in [3.8, 4) is 11.1 Å². The minimum Gasteiger partial charge on any atom is -0.374 e. The summed E-state index contributed by atoms with van der Waals surface area (Å²) in [7, 11) is 7.17. The fourth-order valence-corrected chi connectivity index (χ4v) is 2.81. The fraction of sp³-hybridized carbons (Fsp3) is 0.238. The van der Waals surface area contributed by atoms with Gasteiger partial charge in [-0.25, -0.2) is 0 Å². The number of carbonyl (C=O) groups is 2. The third-order valence-electron chi connectivity index (χ3n) is 4.01. The lowest BCUT2D eigenvalue weighted by molar-refractivity contribution is -0.112. The van der Waals surface area contributed by atoms with Gasteiger partial charge in [-0.05, 0) is 34.5 Å². The molecule has 4 nitrogen and oxygen atoms in total. The van der Waals surface area contributed by atoms with Crippen LogP contribution in [0.4, 0.5) is 0 Å². The summed E-state index contributed by atoms with van der Waals surface area (Å²) < 4.78 is 0. The maximum atomic E-state index is 12.0. The summed E-state index contributed by atoms with van der Waals surface area (Å²) in [6.07, 6.45) is 0. The molecule has 1 amide bonds. The number of hydrogen-bond donors (Lipinski definition) is 0. The molecule has 0 atom stereocenters. The van der Waals surface area contributed by atoms with Crippen LogP contribution in [0.2, 0.25) is 0 Å². The molecule has 0 aliphatic carbocycles. The summed E-state index contributed by atoms with van der Waals surface area (Å²) in [5.41, 5.74) is 3.30. The lowest BCUT2D eigenvalue weighted by atomic mass is 10.0. The second-order valence-corrected chi connectivity index (χ2v) is 6.45. The van der Waals surface area contributed by atoms with E-state index in [1.54, 1.807) is 25.9 Å². The number of hydrogen-bond acceptors (Lipinski definition) is 3. The number of carbonyl (C=O) groups excluding carboxylic acids is 2. The SMILES string of the molecule is C=c1cc(-c2ccc(C(=O)N(C)C)cc2)cc/c1=C(\C(C)=O)N(C)C. The van der Waals surface area contributed by atoms with E-state index in [0.29, 0.717) is 11.3 Å². The molecule has 4 heteroatoms. The molecule has 0 unspecified atom stereocenters. The Morgan fingerprint density at radius 1 is 0.840 bits per heavy atom. The number of ketones is 1. The van der Waals surface area contributed by atoms with Crippen LogP contribution in [0.15, 0.2) is 42.5 Å². The zero-order valence-electron chi connectivity index (χ0n) is 15.5. The predicted molar refractivity (Wildman–Crippen MR) is 102 cm³/mol. The molecule has 2 aromatic carbocycles. The van der Waals surface area contributed by atoms with Gasteiger partial charge in [0.05, 0.1) is 5.70 Å². The Morgan fingerprint density at radius 2 is 1.40 bits per heavy atom. The molecule has 0 aliphatic heterocycles. The first-order valence-electron chi connectivity index (χ1n) is 8.06. The lowest BCUT2D eigenvalue weighted by Crippen LogP contribution is -2.33. The maximum absolute atomic E-state index is 12.0. The monoisotopic (exact) mass is 336 g/mol. The maximum Gasteiger partial charge on any atom is 0.253 e. The quantitative estimate of drug-likeness (QED) is 0.854. The van der Waals surface area contributed by atoms with Gasteiger partial charge in [-0.1, -0.05) is 30.8 Å². The lowest BCUT2D eigenvalue weighted by Gasteiger charge is -2.15. The summed E-state index contributed by atoms with van der Waals surface area (Å²) in [6, 6.07) is 13.3. The van der Waals surface area contributed by atoms with Crippen molar-refractivity contribution in [3.05, 3.63) is 58.5 Å². The molecule has 2 rings (SSSR count). The van der Waals surface area contributed by atoms with E-state index in [2.05, 4.69) is 6.58 Å². The van der Waals surface area contributed by atoms with E-state index >= 15 is 0 Å². The number of nitrogens with zero attached hydrogens (tertiary/aromatic N) is 2. The summed E-state index contributed by atoms with van der Waals surface area (Å²) >= 11 is 0. The largest absolute Gasteiger partial charge is 0.374 e. The second kappa shape index (κ2) is 7.34. The van der Waals surface area contributed by atoms with Gasteiger partial charge in [0.25, 0.3) is 5.91 Å². The molecule has 0 spiro atoms. The average molecular weight is 336 g/mol. The first-order chi connectivity index (χ1) is 11.7. The Kier molecular flexibility index (Phi) is 5.42. The summed E-state index contributed by atoms with van der Waals surface area (Å²) in [6.45, 7) is 5.66. The molecule has 0 radical (unpaired) electrons. The highest BCUT2D eigenvalue weighted by Crippen LogP contribution is 2.18. The molecule has 0 N–H and O–H groups in total. The van der Waals surface area contributed by atoms with Crippen LogP contribution in [-0.2, 0) is 4.79 Å². The second-order valence-electron chi connectivity index (χ2n) is 6.45. The average Bonchev–Trinajstić information content (AvgIpc) is 2.55. The Bertz CT molecular complexity index is 910. The molecular formula is C21H24N2O2. The Labute approximate surface area is 148 Å². The Hall–Kier alpha value is -2.88. The molecule has 0 heterocycles. The number of Topliss-reactive ketones (excluding diaryl/α,β-unsaturated/α-hetero) is 1. The third kappa shape index (κ3) is 3.97. The topological polar surface area (TPSA) is 40.6 Å². The van der Waals surface area contributed by atoms with Crippen molar-refractivity contribution in [1.82, 2.24) is 9.80 Å². The van der Waals surface area contributed by atoms with Gasteiger partial charge in [-0.2, -0.15) is 0 Å². The van der Waals surface area contributed by atoms with Crippen LogP contribution in [0, 0.1) is 0 Å². The number of rotatable bonds is 4. The van der Waals surface area contributed by atoms with Gasteiger partial charge in [0.15, 0.2) is 5.78 Å². The summed E-state index contributed by atoms with van der Waals surface area (Å²) in [5.74, 6) is -0.0133. The van der Waals surface area contributed by atoms with Crippen molar-refractivity contribution in [3.63, 3.8) is 0 Å². The van der Waals surface area contributed by atoms with Gasteiger partial charge in [0.1, 0.15) is 0 Å². The van der Waals surface area contributed by atoms with E-state index in [4.69, 9.17) is 0 Å². The summed E-state index contributed by atoms with van der Waals surface area (Å²) in [5, 5.41) is 1.63. The minimum absolute atomic E-state index is 0.00852. The molecular weight excluding hydrogens is 312 g/mol. The smallest absolute Gasteiger partial charge is 0.253 e. The highest BCUT2D eigenvalue weighted by molar-refractivity contribution is 6.12. The van der Waals surface area contributed by atoms with Gasteiger partial charge in [-0.15, -0.1) is 0 Å². The predicted octanol–water partition coefficient (Wildman–Crippen LogP) is 1.72. The van der Waals surface area contributed by atoms with Crippen LogP contribution in [0.3, 0.4) is 0 Å². The number of benzene rings is 2. The van der Waals surface area contributed by atoms with Crippen molar-refractivity contribution < 1.29 is 9.59 Å². The first kappa shape index (κ1) is 18.5. The zero-order chi connectivity index (χ0) is 18.7. The van der Waals surface area contributed by atoms with Crippen LogP contribution in [0.25, 0.3) is 23.4 Å². The van der Waals surface area contributed by atoms with Crippen molar-refractivity contribution >= 4 is 24.0 Å². The molecule has 0 bridgehead atoms. The highest BCUT2D eigenvalue weighted by atomic mass is 16.2. The van der Waals surface area contributed by atoms with E-state index in [1.807, 2.05) is 61.5 Å². The summed E-state index contributed by atoms with van der Waals surface area (Å²) in [4.78, 5) is 27.2. The van der Waals surface area contributed by atoms with E-state index in [1.165, 1.54) is 0 Å².